The van der Waals surface area contributed by atoms with E-state index in [4.69, 9.17) is 11.6 Å². The SMILES string of the molecule is O=C(C1CC1)N1CCc2[nH]cnc2C12CCN(c1ncccc1Cl)CC2. The molecule has 3 aliphatic rings. The third kappa shape index (κ3) is 2.42. The molecule has 0 atom stereocenters. The molecular weight excluding hydrogens is 350 g/mol. The molecule has 4 heterocycles. The zero-order valence-electron chi connectivity index (χ0n) is 14.6. The molecule has 1 N–H and O–H groups in total. The summed E-state index contributed by atoms with van der Waals surface area (Å²) in [6, 6.07) is 3.73. The summed E-state index contributed by atoms with van der Waals surface area (Å²) in [5.41, 5.74) is 1.98. The molecule has 136 valence electrons. The Morgan fingerprint density at radius 2 is 2.04 bits per heavy atom. The molecule has 6 nitrogen and oxygen atoms in total. The highest BCUT2D eigenvalue weighted by molar-refractivity contribution is 6.32. The van der Waals surface area contributed by atoms with Gasteiger partial charge in [0.1, 0.15) is 5.82 Å². The van der Waals surface area contributed by atoms with Gasteiger partial charge in [-0.05, 0) is 37.8 Å². The first-order chi connectivity index (χ1) is 12.7. The summed E-state index contributed by atoms with van der Waals surface area (Å²) in [6.45, 7) is 2.42. The zero-order chi connectivity index (χ0) is 17.7. The highest BCUT2D eigenvalue weighted by Crippen LogP contribution is 2.45. The summed E-state index contributed by atoms with van der Waals surface area (Å²) in [5.74, 6) is 1.39. The van der Waals surface area contributed by atoms with Gasteiger partial charge >= 0.3 is 0 Å². The molecule has 0 bridgehead atoms. The largest absolute Gasteiger partial charge is 0.355 e. The van der Waals surface area contributed by atoms with Gasteiger partial charge in [-0.15, -0.1) is 0 Å². The minimum absolute atomic E-state index is 0.232. The van der Waals surface area contributed by atoms with Crippen LogP contribution >= 0.6 is 11.6 Å². The van der Waals surface area contributed by atoms with Crippen molar-refractivity contribution in [2.24, 2.45) is 5.92 Å². The minimum atomic E-state index is -0.287. The lowest BCUT2D eigenvalue weighted by Crippen LogP contribution is -2.58. The van der Waals surface area contributed by atoms with Gasteiger partial charge in [0.2, 0.25) is 5.91 Å². The Bertz CT molecular complexity index is 838. The van der Waals surface area contributed by atoms with Crippen molar-refractivity contribution in [2.75, 3.05) is 24.5 Å². The van der Waals surface area contributed by atoms with Gasteiger partial charge in [-0.3, -0.25) is 4.79 Å². The predicted octanol–water partition coefficient (Wildman–Crippen LogP) is 2.75. The maximum Gasteiger partial charge on any atom is 0.226 e. The number of H-pyrrole nitrogens is 1. The van der Waals surface area contributed by atoms with E-state index in [9.17, 15) is 4.79 Å². The average molecular weight is 372 g/mol. The minimum Gasteiger partial charge on any atom is -0.355 e. The van der Waals surface area contributed by atoms with E-state index in [1.165, 1.54) is 5.69 Å². The van der Waals surface area contributed by atoms with Crippen LogP contribution in [0.25, 0.3) is 0 Å². The van der Waals surface area contributed by atoms with E-state index in [0.717, 1.165) is 63.3 Å². The van der Waals surface area contributed by atoms with Crippen LogP contribution in [0.5, 0.6) is 0 Å². The second-order valence-electron chi connectivity index (χ2n) is 7.57. The van der Waals surface area contributed by atoms with Crippen molar-refractivity contribution in [1.29, 1.82) is 0 Å². The fourth-order valence-electron chi connectivity index (χ4n) is 4.56. The molecule has 26 heavy (non-hydrogen) atoms. The number of imidazole rings is 1. The summed E-state index contributed by atoms with van der Waals surface area (Å²) in [7, 11) is 0. The molecule has 2 aromatic heterocycles. The molecule has 1 amide bonds. The maximum atomic E-state index is 13.0. The highest BCUT2D eigenvalue weighted by atomic mass is 35.5. The number of aromatic amines is 1. The molecule has 1 spiro atoms. The van der Waals surface area contributed by atoms with Crippen LogP contribution in [0.3, 0.4) is 0 Å². The van der Waals surface area contributed by atoms with Gasteiger partial charge in [-0.2, -0.15) is 0 Å². The number of piperidine rings is 1. The molecule has 7 heteroatoms. The number of fused-ring (bicyclic) bond motifs is 2. The Kier molecular flexibility index (Phi) is 3.71. The van der Waals surface area contributed by atoms with Gasteiger partial charge in [0, 0.05) is 43.9 Å². The van der Waals surface area contributed by atoms with Crippen LogP contribution in [-0.4, -0.2) is 45.4 Å². The molecule has 1 saturated heterocycles. The molecule has 0 aromatic carbocycles. The topological polar surface area (TPSA) is 65.1 Å². The van der Waals surface area contributed by atoms with Crippen molar-refractivity contribution in [3.8, 4) is 0 Å². The lowest BCUT2D eigenvalue weighted by molar-refractivity contribution is -0.142. The first kappa shape index (κ1) is 16.1. The summed E-state index contributed by atoms with van der Waals surface area (Å²) < 4.78 is 0. The smallest absolute Gasteiger partial charge is 0.226 e. The number of pyridine rings is 1. The second-order valence-corrected chi connectivity index (χ2v) is 7.98. The molecule has 1 saturated carbocycles. The van der Waals surface area contributed by atoms with E-state index >= 15 is 0 Å². The summed E-state index contributed by atoms with van der Waals surface area (Å²) >= 11 is 6.34. The third-order valence-electron chi connectivity index (χ3n) is 6.08. The van der Waals surface area contributed by atoms with Crippen LogP contribution in [0.15, 0.2) is 24.7 Å². The molecule has 2 aromatic rings. The van der Waals surface area contributed by atoms with Crippen LogP contribution < -0.4 is 4.90 Å². The second kappa shape index (κ2) is 5.98. The van der Waals surface area contributed by atoms with E-state index in [1.807, 2.05) is 12.1 Å². The summed E-state index contributed by atoms with van der Waals surface area (Å²) in [6.07, 6.45) is 8.21. The molecular formula is C19H22ClN5O. The Balaban J connectivity index is 1.46. The number of hydrogen-bond donors (Lipinski definition) is 1. The third-order valence-corrected chi connectivity index (χ3v) is 6.38. The van der Waals surface area contributed by atoms with Crippen LogP contribution in [0.1, 0.15) is 37.1 Å². The number of anilines is 1. The normalized spacial score (nSPS) is 21.7. The Morgan fingerprint density at radius 1 is 1.23 bits per heavy atom. The van der Waals surface area contributed by atoms with E-state index < -0.39 is 0 Å². The number of hydrogen-bond acceptors (Lipinski definition) is 4. The standard InChI is InChI=1S/C19H22ClN5O/c20-14-2-1-8-21-17(14)24-10-6-19(7-11-24)16-15(22-12-23-16)5-9-25(19)18(26)13-3-4-13/h1-2,8,12-13H,3-7,9-11H2,(H,22,23). The van der Waals surface area contributed by atoms with Crippen molar-refractivity contribution in [1.82, 2.24) is 19.9 Å². The Hall–Kier alpha value is -2.08. The number of nitrogens with zero attached hydrogens (tertiary/aromatic N) is 4. The first-order valence-electron chi connectivity index (χ1n) is 9.39. The molecule has 0 radical (unpaired) electrons. The Labute approximate surface area is 157 Å². The number of amides is 1. The van der Waals surface area contributed by atoms with Crippen molar-refractivity contribution >= 4 is 23.3 Å². The van der Waals surface area contributed by atoms with Gasteiger partial charge in [-0.1, -0.05) is 11.6 Å². The fraction of sp³-hybridized carbons (Fsp3) is 0.526. The molecule has 2 fully saturated rings. The number of halogens is 1. The molecule has 0 unspecified atom stereocenters. The van der Waals surface area contributed by atoms with Crippen molar-refractivity contribution in [2.45, 2.75) is 37.6 Å². The quantitative estimate of drug-likeness (QED) is 0.881. The van der Waals surface area contributed by atoms with E-state index in [2.05, 4.69) is 24.8 Å². The van der Waals surface area contributed by atoms with Crippen molar-refractivity contribution in [3.63, 3.8) is 0 Å². The van der Waals surface area contributed by atoms with Gasteiger partial charge in [-0.25, -0.2) is 9.97 Å². The van der Waals surface area contributed by atoms with Crippen LogP contribution in [0.2, 0.25) is 5.02 Å². The van der Waals surface area contributed by atoms with Crippen LogP contribution in [0, 0.1) is 5.92 Å². The van der Waals surface area contributed by atoms with Gasteiger partial charge in [0.05, 0.1) is 22.6 Å². The summed E-state index contributed by atoms with van der Waals surface area (Å²) in [5, 5.41) is 0.679. The van der Waals surface area contributed by atoms with Gasteiger partial charge < -0.3 is 14.8 Å². The number of nitrogens with one attached hydrogen (secondary N) is 1. The Morgan fingerprint density at radius 3 is 2.77 bits per heavy atom. The summed E-state index contributed by atoms with van der Waals surface area (Å²) in [4.78, 5) is 29.8. The molecule has 2 aliphatic heterocycles. The predicted molar refractivity (Wildman–Crippen MR) is 99.1 cm³/mol. The highest BCUT2D eigenvalue weighted by Gasteiger charge is 2.51. The van der Waals surface area contributed by atoms with E-state index in [0.29, 0.717) is 10.9 Å². The van der Waals surface area contributed by atoms with Crippen molar-refractivity contribution < 1.29 is 4.79 Å². The number of carbonyl (C=O) groups is 1. The number of rotatable bonds is 2. The fourth-order valence-corrected chi connectivity index (χ4v) is 4.80. The lowest BCUT2D eigenvalue weighted by Gasteiger charge is -2.50. The number of aromatic nitrogens is 3. The van der Waals surface area contributed by atoms with Crippen LogP contribution in [-0.2, 0) is 16.8 Å². The maximum absolute atomic E-state index is 13.0. The lowest BCUT2D eigenvalue weighted by atomic mass is 9.78. The number of carbonyl (C=O) groups excluding carboxylic acids is 1. The van der Waals surface area contributed by atoms with E-state index in [1.54, 1.807) is 12.5 Å². The molecule has 5 rings (SSSR count). The molecule has 1 aliphatic carbocycles. The first-order valence-corrected chi connectivity index (χ1v) is 9.76. The zero-order valence-corrected chi connectivity index (χ0v) is 15.4. The van der Waals surface area contributed by atoms with Crippen molar-refractivity contribution in [3.05, 3.63) is 41.1 Å². The van der Waals surface area contributed by atoms with Crippen LogP contribution in [0.4, 0.5) is 5.82 Å². The van der Waals surface area contributed by atoms with Gasteiger partial charge in [0.25, 0.3) is 0 Å². The van der Waals surface area contributed by atoms with E-state index in [-0.39, 0.29) is 11.5 Å². The monoisotopic (exact) mass is 371 g/mol. The van der Waals surface area contributed by atoms with Gasteiger partial charge in [0.15, 0.2) is 0 Å². The average Bonchev–Trinajstić information content (AvgIpc) is 3.40.